The van der Waals surface area contributed by atoms with Gasteiger partial charge in [0, 0.05) is 5.56 Å². The molecule has 0 amide bonds. The van der Waals surface area contributed by atoms with Gasteiger partial charge in [0.05, 0.1) is 12.0 Å². The molecule has 0 bridgehead atoms. The van der Waals surface area contributed by atoms with E-state index in [1.807, 2.05) is 0 Å². The Bertz CT molecular complexity index is 387. The van der Waals surface area contributed by atoms with Crippen molar-refractivity contribution in [3.05, 3.63) is 41.2 Å². The lowest BCUT2D eigenvalue weighted by atomic mass is 10.0. The predicted molar refractivity (Wildman–Crippen MR) is 43.8 cm³/mol. The van der Waals surface area contributed by atoms with Gasteiger partial charge in [-0.1, -0.05) is 24.3 Å². The van der Waals surface area contributed by atoms with Crippen LogP contribution in [0.3, 0.4) is 0 Å². The van der Waals surface area contributed by atoms with E-state index < -0.39 is 0 Å². The van der Waals surface area contributed by atoms with Crippen LogP contribution >= 0.6 is 0 Å². The quantitative estimate of drug-likeness (QED) is 0.570. The molecule has 1 aliphatic rings. The Labute approximate surface area is 69.8 Å². The lowest BCUT2D eigenvalue weighted by Crippen LogP contribution is -1.90. The largest absolute Gasteiger partial charge is 0.206 e. The summed E-state index contributed by atoms with van der Waals surface area (Å²) in [6, 6.07) is 6.91. The summed E-state index contributed by atoms with van der Waals surface area (Å²) in [7, 11) is 0. The minimum Gasteiger partial charge on any atom is -0.206 e. The monoisotopic (exact) mass is 159 g/mol. The Morgan fingerprint density at radius 3 is 3.00 bits per heavy atom. The van der Waals surface area contributed by atoms with Crippen molar-refractivity contribution in [3.63, 3.8) is 0 Å². The first-order valence-electron chi connectivity index (χ1n) is 3.69. The van der Waals surface area contributed by atoms with Gasteiger partial charge in [-0.05, 0) is 11.6 Å². The van der Waals surface area contributed by atoms with Crippen LogP contribution < -0.4 is 0 Å². The normalized spacial score (nSPS) is 18.8. The Morgan fingerprint density at radius 2 is 2.25 bits per heavy atom. The van der Waals surface area contributed by atoms with Gasteiger partial charge in [0.25, 0.3) is 0 Å². The van der Waals surface area contributed by atoms with Crippen LogP contribution in [-0.4, -0.2) is 0 Å². The molecule has 1 nitrogen and oxygen atoms in total. The highest BCUT2D eigenvalue weighted by Gasteiger charge is 2.18. The molecule has 1 aliphatic carbocycles. The maximum atomic E-state index is 13.0. The Balaban J connectivity index is 2.62. The highest BCUT2D eigenvalue weighted by atomic mass is 19.1. The minimum atomic E-state index is -0.268. The van der Waals surface area contributed by atoms with Gasteiger partial charge < -0.3 is 0 Å². The number of hydrogen-bond donors (Lipinski definition) is 0. The van der Waals surface area contributed by atoms with Crippen LogP contribution in [0.5, 0.6) is 0 Å². The Kier molecular flexibility index (Phi) is 1.44. The van der Waals surface area contributed by atoms with Gasteiger partial charge in [0.2, 0.25) is 0 Å². The molecule has 0 aliphatic heterocycles. The molecule has 58 valence electrons. The van der Waals surface area contributed by atoms with Crippen LogP contribution in [0.4, 0.5) is 4.39 Å². The first-order chi connectivity index (χ1) is 5.83. The molecule has 1 aromatic carbocycles. The summed E-state index contributed by atoms with van der Waals surface area (Å²) < 4.78 is 13.0. The SMILES string of the molecule is N#CC1C=Cc2c(F)cccc21. The third-order valence-corrected chi connectivity index (χ3v) is 2.02. The fourth-order valence-electron chi connectivity index (χ4n) is 1.41. The number of nitriles is 1. The van der Waals surface area contributed by atoms with E-state index in [2.05, 4.69) is 6.07 Å². The molecule has 0 fully saturated rings. The van der Waals surface area contributed by atoms with E-state index in [1.54, 1.807) is 24.3 Å². The van der Waals surface area contributed by atoms with Crippen LogP contribution in [0.2, 0.25) is 0 Å². The number of nitrogens with zero attached hydrogens (tertiary/aromatic N) is 1. The first kappa shape index (κ1) is 7.05. The lowest BCUT2D eigenvalue weighted by Gasteiger charge is -2.01. The summed E-state index contributed by atoms with van der Waals surface area (Å²) in [4.78, 5) is 0. The second-order valence-corrected chi connectivity index (χ2v) is 2.71. The average molecular weight is 159 g/mol. The van der Waals surface area contributed by atoms with E-state index in [0.29, 0.717) is 5.56 Å². The van der Waals surface area contributed by atoms with Crippen LogP contribution in [0.1, 0.15) is 17.0 Å². The summed E-state index contributed by atoms with van der Waals surface area (Å²) in [6.07, 6.45) is 3.38. The summed E-state index contributed by atoms with van der Waals surface area (Å²) >= 11 is 0. The van der Waals surface area contributed by atoms with E-state index in [0.717, 1.165) is 5.56 Å². The van der Waals surface area contributed by atoms with Gasteiger partial charge in [0.1, 0.15) is 5.82 Å². The zero-order valence-corrected chi connectivity index (χ0v) is 6.29. The van der Waals surface area contributed by atoms with Crippen molar-refractivity contribution >= 4 is 6.08 Å². The second kappa shape index (κ2) is 2.46. The number of rotatable bonds is 0. The third-order valence-electron chi connectivity index (χ3n) is 2.02. The van der Waals surface area contributed by atoms with E-state index in [1.165, 1.54) is 6.07 Å². The smallest absolute Gasteiger partial charge is 0.130 e. The summed E-state index contributed by atoms with van der Waals surface area (Å²) in [5.41, 5.74) is 1.33. The van der Waals surface area contributed by atoms with E-state index in [9.17, 15) is 4.39 Å². The molecule has 1 unspecified atom stereocenters. The zero-order chi connectivity index (χ0) is 8.55. The fourth-order valence-corrected chi connectivity index (χ4v) is 1.41. The zero-order valence-electron chi connectivity index (χ0n) is 6.29. The molecule has 0 saturated carbocycles. The highest BCUT2D eigenvalue weighted by Crippen LogP contribution is 2.30. The lowest BCUT2D eigenvalue weighted by molar-refractivity contribution is 0.623. The molecule has 0 saturated heterocycles. The molecule has 1 atom stereocenters. The molecular weight excluding hydrogens is 153 g/mol. The van der Waals surface area contributed by atoms with Gasteiger partial charge in [0.15, 0.2) is 0 Å². The summed E-state index contributed by atoms with van der Waals surface area (Å²) in [5, 5.41) is 8.68. The predicted octanol–water partition coefficient (Wildman–Crippen LogP) is 2.46. The molecule has 0 N–H and O–H groups in total. The number of halogens is 1. The summed E-state index contributed by atoms with van der Waals surface area (Å²) in [5.74, 6) is -0.516. The number of hydrogen-bond acceptors (Lipinski definition) is 1. The number of fused-ring (bicyclic) bond motifs is 1. The highest BCUT2D eigenvalue weighted by molar-refractivity contribution is 5.64. The van der Waals surface area contributed by atoms with E-state index >= 15 is 0 Å². The van der Waals surface area contributed by atoms with Crippen molar-refractivity contribution in [2.75, 3.05) is 0 Å². The topological polar surface area (TPSA) is 23.8 Å². The molecule has 0 heterocycles. The van der Waals surface area contributed by atoms with Crippen molar-refractivity contribution in [3.8, 4) is 6.07 Å². The van der Waals surface area contributed by atoms with Gasteiger partial charge in [-0.25, -0.2) is 4.39 Å². The molecule has 1 aromatic rings. The van der Waals surface area contributed by atoms with Crippen molar-refractivity contribution in [1.82, 2.24) is 0 Å². The van der Waals surface area contributed by atoms with Gasteiger partial charge in [-0.2, -0.15) is 5.26 Å². The molecule has 0 spiro atoms. The molecule has 0 radical (unpaired) electrons. The van der Waals surface area contributed by atoms with Gasteiger partial charge >= 0.3 is 0 Å². The van der Waals surface area contributed by atoms with E-state index in [4.69, 9.17) is 5.26 Å². The number of allylic oxidation sites excluding steroid dienone is 1. The molecule has 12 heavy (non-hydrogen) atoms. The maximum absolute atomic E-state index is 13.0. The first-order valence-corrected chi connectivity index (χ1v) is 3.69. The molecule has 2 heteroatoms. The van der Waals surface area contributed by atoms with Crippen LogP contribution in [0, 0.1) is 17.1 Å². The fraction of sp³-hybridized carbons (Fsp3) is 0.100. The maximum Gasteiger partial charge on any atom is 0.130 e. The van der Waals surface area contributed by atoms with E-state index in [-0.39, 0.29) is 11.7 Å². The Morgan fingerprint density at radius 1 is 1.42 bits per heavy atom. The molecule has 0 aromatic heterocycles. The molecular formula is C10H6FN. The summed E-state index contributed by atoms with van der Waals surface area (Å²) in [6.45, 7) is 0. The van der Waals surface area contributed by atoms with Crippen molar-refractivity contribution < 1.29 is 4.39 Å². The average Bonchev–Trinajstić information content (AvgIpc) is 2.49. The van der Waals surface area contributed by atoms with Crippen LogP contribution in [0.15, 0.2) is 24.3 Å². The van der Waals surface area contributed by atoms with Gasteiger partial charge in [-0.3, -0.25) is 0 Å². The minimum absolute atomic E-state index is 0.249. The van der Waals surface area contributed by atoms with Crippen LogP contribution in [0.25, 0.3) is 6.08 Å². The third kappa shape index (κ3) is 0.835. The van der Waals surface area contributed by atoms with Gasteiger partial charge in [-0.15, -0.1) is 0 Å². The van der Waals surface area contributed by atoms with Crippen molar-refractivity contribution in [2.24, 2.45) is 0 Å². The van der Waals surface area contributed by atoms with Crippen molar-refractivity contribution in [1.29, 1.82) is 5.26 Å². The van der Waals surface area contributed by atoms with Crippen LogP contribution in [-0.2, 0) is 0 Å². The second-order valence-electron chi connectivity index (χ2n) is 2.71. The number of benzene rings is 1. The molecule has 2 rings (SSSR count). The van der Waals surface area contributed by atoms with Crippen molar-refractivity contribution in [2.45, 2.75) is 5.92 Å². The standard InChI is InChI=1S/C10H6FN/c11-10-3-1-2-8-7(6-12)4-5-9(8)10/h1-5,7H. The Hall–Kier alpha value is -1.62.